The monoisotopic (exact) mass is 351 g/mol. The third-order valence-corrected chi connectivity index (χ3v) is 6.06. The number of hydrogen-bond donors (Lipinski definition) is 1. The van der Waals surface area contributed by atoms with Crippen LogP contribution in [-0.2, 0) is 4.79 Å². The first-order valence-electron chi connectivity index (χ1n) is 7.25. The highest BCUT2D eigenvalue weighted by molar-refractivity contribution is 8.23. The summed E-state index contributed by atoms with van der Waals surface area (Å²) in [6, 6.07) is 7.87. The Hall–Kier alpha value is -1.18. The number of carbonyl (C=O) groups is 1. The van der Waals surface area contributed by atoms with E-state index in [1.165, 1.54) is 35.9 Å². The Morgan fingerprint density at radius 3 is 2.86 bits per heavy atom. The summed E-state index contributed by atoms with van der Waals surface area (Å²) >= 11 is 8.37. The summed E-state index contributed by atoms with van der Waals surface area (Å²) in [6.45, 7) is 3.91. The zero-order chi connectivity index (χ0) is 15.5. The first-order chi connectivity index (χ1) is 10.6. The molecule has 0 saturated carbocycles. The molecule has 1 amide bonds. The molecule has 1 atom stereocenters. The minimum Gasteiger partial charge on any atom is -0.358 e. The second-order valence-corrected chi connectivity index (χ2v) is 8.20. The minimum atomic E-state index is -0.222. The highest BCUT2D eigenvalue weighted by Gasteiger charge is 2.22. The molecular formula is C15H17N3OS3. The van der Waals surface area contributed by atoms with E-state index in [0.29, 0.717) is 5.13 Å². The molecule has 0 radical (unpaired) electrons. The van der Waals surface area contributed by atoms with Crippen LogP contribution in [0.1, 0.15) is 19.8 Å². The smallest absolute Gasteiger partial charge is 0.239 e. The van der Waals surface area contributed by atoms with Crippen LogP contribution in [0.2, 0.25) is 0 Å². The number of carbonyl (C=O) groups excluding carboxylic acids is 1. The molecule has 1 aliphatic rings. The standard InChI is InChI=1S/C15H17N3OS3/c1-10(21-15(20)18-8-4-5-9-18)13(19)17-14-16-11-6-2-3-7-12(11)22-14/h2-3,6-7,10H,4-5,8-9H2,1H3,(H,16,17,19)/t10-/m0/s1. The van der Waals surface area contributed by atoms with E-state index in [1.54, 1.807) is 0 Å². The average Bonchev–Trinajstić information content (AvgIpc) is 3.15. The summed E-state index contributed by atoms with van der Waals surface area (Å²) < 4.78 is 1.90. The van der Waals surface area contributed by atoms with E-state index in [-0.39, 0.29) is 11.2 Å². The molecule has 2 heterocycles. The predicted octanol–water partition coefficient (Wildman–Crippen LogP) is 3.74. The Balaban J connectivity index is 1.59. The average molecular weight is 352 g/mol. The lowest BCUT2D eigenvalue weighted by Crippen LogP contribution is -2.29. The van der Waals surface area contributed by atoms with Gasteiger partial charge in [0.2, 0.25) is 5.91 Å². The van der Waals surface area contributed by atoms with Gasteiger partial charge in [0.25, 0.3) is 0 Å². The number of thiocarbonyl (C=S) groups is 1. The normalized spacial score (nSPS) is 16.0. The van der Waals surface area contributed by atoms with Crippen molar-refractivity contribution in [1.29, 1.82) is 0 Å². The number of hydrogen-bond acceptors (Lipinski definition) is 5. The molecule has 1 saturated heterocycles. The van der Waals surface area contributed by atoms with Crippen LogP contribution >= 0.6 is 35.3 Å². The van der Waals surface area contributed by atoms with Crippen molar-refractivity contribution in [3.05, 3.63) is 24.3 Å². The number of benzene rings is 1. The molecule has 2 aromatic rings. The van der Waals surface area contributed by atoms with Gasteiger partial charge in [-0.2, -0.15) is 0 Å². The van der Waals surface area contributed by atoms with Gasteiger partial charge in [0.05, 0.1) is 15.5 Å². The Kier molecular flexibility index (Phi) is 4.95. The van der Waals surface area contributed by atoms with Gasteiger partial charge in [-0.05, 0) is 31.9 Å². The molecule has 1 N–H and O–H groups in total. The number of likely N-dealkylation sites (tertiary alicyclic amines) is 1. The summed E-state index contributed by atoms with van der Waals surface area (Å²) in [5.41, 5.74) is 0.913. The van der Waals surface area contributed by atoms with Gasteiger partial charge in [-0.25, -0.2) is 4.98 Å². The zero-order valence-electron chi connectivity index (χ0n) is 12.2. The lowest BCUT2D eigenvalue weighted by molar-refractivity contribution is -0.115. The van der Waals surface area contributed by atoms with Gasteiger partial charge in [0, 0.05) is 13.1 Å². The maximum absolute atomic E-state index is 12.3. The van der Waals surface area contributed by atoms with E-state index >= 15 is 0 Å². The van der Waals surface area contributed by atoms with Crippen LogP contribution in [0.25, 0.3) is 10.2 Å². The lowest BCUT2D eigenvalue weighted by atomic mass is 10.3. The summed E-state index contributed by atoms with van der Waals surface area (Å²) in [5.74, 6) is -0.0504. The third kappa shape index (κ3) is 3.59. The van der Waals surface area contributed by atoms with Crippen molar-refractivity contribution >= 4 is 60.9 Å². The van der Waals surface area contributed by atoms with E-state index in [9.17, 15) is 4.79 Å². The number of para-hydroxylation sites is 1. The van der Waals surface area contributed by atoms with Gasteiger partial charge in [-0.3, -0.25) is 4.79 Å². The van der Waals surface area contributed by atoms with E-state index in [2.05, 4.69) is 15.2 Å². The topological polar surface area (TPSA) is 45.2 Å². The van der Waals surface area contributed by atoms with Crippen LogP contribution in [-0.4, -0.2) is 38.5 Å². The molecular weight excluding hydrogens is 334 g/mol. The van der Waals surface area contributed by atoms with E-state index in [4.69, 9.17) is 12.2 Å². The van der Waals surface area contributed by atoms with Crippen LogP contribution in [0.3, 0.4) is 0 Å². The largest absolute Gasteiger partial charge is 0.358 e. The molecule has 1 aromatic carbocycles. The summed E-state index contributed by atoms with van der Waals surface area (Å²) in [4.78, 5) is 18.9. The lowest BCUT2D eigenvalue weighted by Gasteiger charge is -2.20. The van der Waals surface area contributed by atoms with Crippen LogP contribution in [0.5, 0.6) is 0 Å². The minimum absolute atomic E-state index is 0.0504. The highest BCUT2D eigenvalue weighted by Crippen LogP contribution is 2.27. The fraction of sp³-hybridized carbons (Fsp3) is 0.400. The van der Waals surface area contributed by atoms with Gasteiger partial charge >= 0.3 is 0 Å². The summed E-state index contributed by atoms with van der Waals surface area (Å²) in [7, 11) is 0. The van der Waals surface area contributed by atoms with Crippen molar-refractivity contribution in [2.24, 2.45) is 0 Å². The maximum Gasteiger partial charge on any atom is 0.239 e. The van der Waals surface area contributed by atoms with Crippen LogP contribution < -0.4 is 5.32 Å². The fourth-order valence-electron chi connectivity index (χ4n) is 2.31. The van der Waals surface area contributed by atoms with Gasteiger partial charge < -0.3 is 10.2 Å². The van der Waals surface area contributed by atoms with Crippen molar-refractivity contribution < 1.29 is 4.79 Å². The van der Waals surface area contributed by atoms with Gasteiger partial charge in [0.1, 0.15) is 4.32 Å². The Morgan fingerprint density at radius 2 is 2.14 bits per heavy atom. The number of nitrogens with one attached hydrogen (secondary N) is 1. The van der Waals surface area contributed by atoms with Gasteiger partial charge in [-0.1, -0.05) is 47.4 Å². The molecule has 0 aliphatic carbocycles. The number of anilines is 1. The number of rotatable bonds is 3. The van der Waals surface area contributed by atoms with E-state index in [1.807, 2.05) is 31.2 Å². The SMILES string of the molecule is C[C@H](SC(=S)N1CCCC1)C(=O)Nc1nc2ccccc2s1. The molecule has 7 heteroatoms. The molecule has 4 nitrogen and oxygen atoms in total. The van der Waals surface area contributed by atoms with E-state index in [0.717, 1.165) is 27.6 Å². The van der Waals surface area contributed by atoms with Crippen LogP contribution in [0, 0.1) is 0 Å². The Bertz CT molecular complexity index is 661. The van der Waals surface area contributed by atoms with Crippen LogP contribution in [0.4, 0.5) is 5.13 Å². The first-order valence-corrected chi connectivity index (χ1v) is 9.36. The first kappa shape index (κ1) is 15.7. The summed E-state index contributed by atoms with van der Waals surface area (Å²) in [5, 5.41) is 3.32. The second kappa shape index (κ2) is 6.93. The van der Waals surface area contributed by atoms with Crippen molar-refractivity contribution in [2.45, 2.75) is 25.0 Å². The molecule has 22 heavy (non-hydrogen) atoms. The Morgan fingerprint density at radius 1 is 1.41 bits per heavy atom. The molecule has 116 valence electrons. The molecule has 0 unspecified atom stereocenters. The quantitative estimate of drug-likeness (QED) is 0.854. The maximum atomic E-state index is 12.3. The number of nitrogens with zero attached hydrogens (tertiary/aromatic N) is 2. The van der Waals surface area contributed by atoms with Crippen molar-refractivity contribution in [2.75, 3.05) is 18.4 Å². The Labute approximate surface area is 143 Å². The number of amides is 1. The fourth-order valence-corrected chi connectivity index (χ4v) is 4.60. The summed E-state index contributed by atoms with van der Waals surface area (Å²) in [6.07, 6.45) is 2.37. The number of aromatic nitrogens is 1. The van der Waals surface area contributed by atoms with Crippen LogP contribution in [0.15, 0.2) is 24.3 Å². The molecule has 3 rings (SSSR count). The predicted molar refractivity (Wildman–Crippen MR) is 98.7 cm³/mol. The molecule has 1 aromatic heterocycles. The van der Waals surface area contributed by atoms with Gasteiger partial charge in [0.15, 0.2) is 5.13 Å². The number of thiazole rings is 1. The van der Waals surface area contributed by atoms with Crippen molar-refractivity contribution in [3.8, 4) is 0 Å². The molecule has 1 aliphatic heterocycles. The van der Waals surface area contributed by atoms with Gasteiger partial charge in [-0.15, -0.1) is 0 Å². The van der Waals surface area contributed by atoms with Crippen molar-refractivity contribution in [3.63, 3.8) is 0 Å². The molecule has 0 bridgehead atoms. The third-order valence-electron chi connectivity index (χ3n) is 3.54. The highest BCUT2D eigenvalue weighted by atomic mass is 32.2. The number of fused-ring (bicyclic) bond motifs is 1. The van der Waals surface area contributed by atoms with Crippen molar-refractivity contribution in [1.82, 2.24) is 9.88 Å². The molecule has 0 spiro atoms. The van der Waals surface area contributed by atoms with E-state index < -0.39 is 0 Å². The molecule has 1 fully saturated rings. The number of thioether (sulfide) groups is 1. The second-order valence-electron chi connectivity index (χ2n) is 5.20. The zero-order valence-corrected chi connectivity index (χ0v) is 14.7.